The Morgan fingerprint density at radius 2 is 1.75 bits per heavy atom. The molecule has 0 radical (unpaired) electrons. The van der Waals surface area contributed by atoms with E-state index in [-0.39, 0.29) is 17.4 Å². The number of fused-ring (bicyclic) bond motifs is 1. The van der Waals surface area contributed by atoms with E-state index in [2.05, 4.69) is 65.6 Å². The lowest BCUT2D eigenvalue weighted by Crippen LogP contribution is -2.31. The number of likely N-dealkylation sites (N-methyl/N-ethyl adjacent to an activating group) is 1. The van der Waals surface area contributed by atoms with Crippen LogP contribution in [0.1, 0.15) is 61.8 Å². The molecule has 7 heteroatoms. The molecular formula is C25H38N6O. The molecule has 0 bridgehead atoms. The highest BCUT2D eigenvalue weighted by atomic mass is 16.2. The van der Waals surface area contributed by atoms with Gasteiger partial charge in [-0.25, -0.2) is 4.98 Å². The van der Waals surface area contributed by atoms with Crippen LogP contribution in [-0.2, 0) is 18.4 Å². The van der Waals surface area contributed by atoms with Crippen molar-refractivity contribution in [2.75, 3.05) is 44.4 Å². The zero-order valence-corrected chi connectivity index (χ0v) is 20.6. The van der Waals surface area contributed by atoms with E-state index in [0.717, 1.165) is 30.9 Å². The zero-order valence-electron chi connectivity index (χ0n) is 20.6. The number of nitrogens with one attached hydrogen (secondary N) is 2. The predicted molar refractivity (Wildman–Crippen MR) is 131 cm³/mol. The first-order chi connectivity index (χ1) is 15.1. The highest BCUT2D eigenvalue weighted by molar-refractivity contribution is 5.98. The van der Waals surface area contributed by atoms with Crippen LogP contribution in [0, 0.1) is 0 Å². The Morgan fingerprint density at radius 3 is 2.34 bits per heavy atom. The maximum Gasteiger partial charge on any atom is 0.273 e. The summed E-state index contributed by atoms with van der Waals surface area (Å²) >= 11 is 0. The Kier molecular flexibility index (Phi) is 7.39. The van der Waals surface area contributed by atoms with E-state index in [1.165, 1.54) is 11.1 Å². The minimum Gasteiger partial charge on any atom is -0.369 e. The Labute approximate surface area is 192 Å². The Bertz CT molecular complexity index is 931. The van der Waals surface area contributed by atoms with Crippen molar-refractivity contribution in [1.82, 2.24) is 19.8 Å². The van der Waals surface area contributed by atoms with Crippen LogP contribution in [0.2, 0.25) is 0 Å². The third-order valence-electron chi connectivity index (χ3n) is 5.79. The van der Waals surface area contributed by atoms with Gasteiger partial charge in [0.1, 0.15) is 11.5 Å². The topological polar surface area (TPSA) is 73.4 Å². The second-order valence-corrected chi connectivity index (χ2v) is 10.1. The van der Waals surface area contributed by atoms with E-state index in [9.17, 15) is 4.79 Å². The number of rotatable bonds is 9. The summed E-state index contributed by atoms with van der Waals surface area (Å²) in [5.74, 6) is 1.24. The summed E-state index contributed by atoms with van der Waals surface area (Å²) in [4.78, 5) is 26.1. The smallest absolute Gasteiger partial charge is 0.273 e. The molecule has 0 unspecified atom stereocenters. The first-order valence-corrected chi connectivity index (χ1v) is 11.5. The van der Waals surface area contributed by atoms with Crippen LogP contribution in [0.5, 0.6) is 0 Å². The van der Waals surface area contributed by atoms with Crippen molar-refractivity contribution >= 4 is 17.7 Å². The van der Waals surface area contributed by atoms with Crippen LogP contribution in [0.15, 0.2) is 24.3 Å². The summed E-state index contributed by atoms with van der Waals surface area (Å²) in [6, 6.07) is 8.94. The minimum absolute atomic E-state index is 0.0196. The average Bonchev–Trinajstić information content (AvgIpc) is 3.05. The first-order valence-electron chi connectivity index (χ1n) is 11.5. The molecule has 0 fully saturated rings. The molecule has 1 amide bonds. The standard InChI is InChI=1S/C25H38N6O/c1-17(2)31-16-20-21(23(31)32)28-24(27-14-15-30(6)7)29-22(20)26-13-12-18-8-10-19(11-9-18)25(3,4)5/h8-11,17H,12-16H2,1-7H3,(H2,26,27,28,29). The lowest BCUT2D eigenvalue weighted by atomic mass is 9.86. The van der Waals surface area contributed by atoms with Crippen LogP contribution < -0.4 is 10.6 Å². The van der Waals surface area contributed by atoms with Gasteiger partial charge < -0.3 is 20.4 Å². The molecule has 174 valence electrons. The SMILES string of the molecule is CC(C)N1Cc2c(NCCc3ccc(C(C)(C)C)cc3)nc(NCCN(C)C)nc2C1=O. The Hall–Kier alpha value is -2.67. The van der Waals surface area contributed by atoms with Crippen molar-refractivity contribution < 1.29 is 4.79 Å². The maximum absolute atomic E-state index is 12.9. The van der Waals surface area contributed by atoms with Crippen LogP contribution in [0.25, 0.3) is 0 Å². The van der Waals surface area contributed by atoms with E-state index in [4.69, 9.17) is 4.98 Å². The fourth-order valence-electron chi connectivity index (χ4n) is 3.72. The molecule has 2 N–H and O–H groups in total. The number of hydrogen-bond acceptors (Lipinski definition) is 6. The summed E-state index contributed by atoms with van der Waals surface area (Å²) in [5, 5.41) is 6.74. The Morgan fingerprint density at radius 1 is 1.06 bits per heavy atom. The number of benzene rings is 1. The lowest BCUT2D eigenvalue weighted by molar-refractivity contribution is 0.0726. The molecular weight excluding hydrogens is 400 g/mol. The molecule has 1 aliphatic rings. The predicted octanol–water partition coefficient (Wildman–Crippen LogP) is 3.77. The van der Waals surface area contributed by atoms with Crippen LogP contribution in [0.4, 0.5) is 11.8 Å². The lowest BCUT2D eigenvalue weighted by Gasteiger charge is -2.19. The summed E-state index contributed by atoms with van der Waals surface area (Å²) in [7, 11) is 4.05. The number of carbonyl (C=O) groups excluding carboxylic acids is 1. The molecule has 1 aromatic heterocycles. The highest BCUT2D eigenvalue weighted by Gasteiger charge is 2.34. The van der Waals surface area contributed by atoms with Gasteiger partial charge in [0, 0.05) is 31.2 Å². The number of nitrogens with zero attached hydrogens (tertiary/aromatic N) is 4. The average molecular weight is 439 g/mol. The molecule has 0 atom stereocenters. The molecule has 1 aromatic carbocycles. The van der Waals surface area contributed by atoms with Gasteiger partial charge in [-0.05, 0) is 50.9 Å². The van der Waals surface area contributed by atoms with E-state index in [1.54, 1.807) is 0 Å². The summed E-state index contributed by atoms with van der Waals surface area (Å²) < 4.78 is 0. The number of aromatic nitrogens is 2. The van der Waals surface area contributed by atoms with Gasteiger partial charge in [-0.2, -0.15) is 4.98 Å². The van der Waals surface area contributed by atoms with Crippen molar-refractivity contribution in [2.24, 2.45) is 0 Å². The van der Waals surface area contributed by atoms with Gasteiger partial charge in [-0.15, -0.1) is 0 Å². The second kappa shape index (κ2) is 9.86. The van der Waals surface area contributed by atoms with E-state index in [0.29, 0.717) is 24.7 Å². The maximum atomic E-state index is 12.9. The molecule has 3 rings (SSSR count). The van der Waals surface area contributed by atoms with Gasteiger partial charge in [0.05, 0.1) is 6.54 Å². The van der Waals surface area contributed by atoms with Crippen LogP contribution in [0.3, 0.4) is 0 Å². The highest BCUT2D eigenvalue weighted by Crippen LogP contribution is 2.29. The molecule has 2 heterocycles. The minimum atomic E-state index is -0.0196. The third-order valence-corrected chi connectivity index (χ3v) is 5.79. The van der Waals surface area contributed by atoms with Crippen LogP contribution >= 0.6 is 0 Å². The van der Waals surface area contributed by atoms with Crippen molar-refractivity contribution in [3.8, 4) is 0 Å². The van der Waals surface area contributed by atoms with E-state index < -0.39 is 0 Å². The molecule has 0 saturated heterocycles. The summed E-state index contributed by atoms with van der Waals surface area (Å²) in [6.45, 7) is 13.6. The van der Waals surface area contributed by atoms with Gasteiger partial charge in [0.2, 0.25) is 5.95 Å². The Balaban J connectivity index is 1.74. The van der Waals surface area contributed by atoms with E-state index >= 15 is 0 Å². The fourth-order valence-corrected chi connectivity index (χ4v) is 3.72. The largest absolute Gasteiger partial charge is 0.369 e. The quantitative estimate of drug-likeness (QED) is 0.621. The van der Waals surface area contributed by atoms with Gasteiger partial charge in [-0.1, -0.05) is 45.0 Å². The molecule has 7 nitrogen and oxygen atoms in total. The molecule has 0 spiro atoms. The second-order valence-electron chi connectivity index (χ2n) is 10.1. The van der Waals surface area contributed by atoms with Crippen molar-refractivity contribution in [2.45, 2.75) is 59.0 Å². The molecule has 0 aliphatic carbocycles. The van der Waals surface area contributed by atoms with Gasteiger partial charge in [0.25, 0.3) is 5.91 Å². The van der Waals surface area contributed by atoms with Crippen molar-refractivity contribution in [3.63, 3.8) is 0 Å². The molecule has 1 aliphatic heterocycles. The number of amides is 1. The summed E-state index contributed by atoms with van der Waals surface area (Å²) in [5.41, 5.74) is 4.18. The number of anilines is 2. The van der Waals surface area contributed by atoms with Gasteiger partial charge >= 0.3 is 0 Å². The van der Waals surface area contributed by atoms with Crippen molar-refractivity contribution in [3.05, 3.63) is 46.6 Å². The van der Waals surface area contributed by atoms with E-state index in [1.807, 2.05) is 32.8 Å². The zero-order chi connectivity index (χ0) is 23.5. The molecule has 2 aromatic rings. The normalized spacial score (nSPS) is 13.8. The van der Waals surface area contributed by atoms with Gasteiger partial charge in [0.15, 0.2) is 0 Å². The summed E-state index contributed by atoms with van der Waals surface area (Å²) in [6.07, 6.45) is 0.883. The number of hydrogen-bond donors (Lipinski definition) is 2. The molecule has 0 saturated carbocycles. The monoisotopic (exact) mass is 438 g/mol. The fraction of sp³-hybridized carbons (Fsp3) is 0.560. The molecule has 32 heavy (non-hydrogen) atoms. The number of carbonyl (C=O) groups is 1. The van der Waals surface area contributed by atoms with Crippen LogP contribution in [-0.4, -0.2) is 65.4 Å². The third kappa shape index (κ3) is 5.76. The first kappa shape index (κ1) is 24.0. The van der Waals surface area contributed by atoms with Crippen molar-refractivity contribution in [1.29, 1.82) is 0 Å². The van der Waals surface area contributed by atoms with Gasteiger partial charge in [-0.3, -0.25) is 4.79 Å².